The van der Waals surface area contributed by atoms with Crippen LogP contribution in [0.1, 0.15) is 21.6 Å². The number of amides is 1. The standard InChI is InChI=1S/C20H20F4N6O4/c1-30(5-9-4-10(21)2-3-11(9)20(22,23)24)19(33)15-14-17(25-8-26-18(14)29-28-15)27-12-6-34-7-13(31)16(12)32/h2-4,8,12-13,16,31-32H,5-7H2,1H3,(H2,25,26,27,28,29)/t12-,13-,16+/m1/s1. The highest BCUT2D eigenvalue weighted by atomic mass is 19.4. The number of aromatic nitrogens is 4. The summed E-state index contributed by atoms with van der Waals surface area (Å²) in [6.45, 7) is -0.541. The van der Waals surface area contributed by atoms with E-state index in [2.05, 4.69) is 25.5 Å². The van der Waals surface area contributed by atoms with Gasteiger partial charge in [-0.1, -0.05) is 0 Å². The molecular weight excluding hydrogens is 464 g/mol. The van der Waals surface area contributed by atoms with Gasteiger partial charge in [0, 0.05) is 13.6 Å². The highest BCUT2D eigenvalue weighted by molar-refractivity contribution is 6.07. The number of aromatic amines is 1. The SMILES string of the molecule is CN(Cc1cc(F)ccc1C(F)(F)F)C(=O)c1n[nH]c2ncnc(N[C@@H]3COC[C@@H](O)[C@H]3O)c12. The fourth-order valence-electron chi connectivity index (χ4n) is 3.69. The van der Waals surface area contributed by atoms with Crippen LogP contribution in [0, 0.1) is 5.82 Å². The molecule has 182 valence electrons. The molecular formula is C20H20F4N6O4. The number of nitrogens with zero attached hydrogens (tertiary/aromatic N) is 4. The van der Waals surface area contributed by atoms with Gasteiger partial charge in [-0.25, -0.2) is 14.4 Å². The topological polar surface area (TPSA) is 136 Å². The quantitative estimate of drug-likeness (QED) is 0.398. The molecule has 2 aromatic heterocycles. The summed E-state index contributed by atoms with van der Waals surface area (Å²) in [5.41, 5.74) is -1.52. The van der Waals surface area contributed by atoms with Gasteiger partial charge in [0.15, 0.2) is 11.3 Å². The van der Waals surface area contributed by atoms with Crippen molar-refractivity contribution in [3.63, 3.8) is 0 Å². The summed E-state index contributed by atoms with van der Waals surface area (Å²) in [5.74, 6) is -1.55. The van der Waals surface area contributed by atoms with E-state index in [0.717, 1.165) is 11.0 Å². The van der Waals surface area contributed by atoms with E-state index in [1.165, 1.54) is 13.4 Å². The van der Waals surface area contributed by atoms with Crippen LogP contribution in [0.2, 0.25) is 0 Å². The first-order chi connectivity index (χ1) is 16.1. The van der Waals surface area contributed by atoms with Gasteiger partial charge in [-0.05, 0) is 23.8 Å². The molecule has 4 N–H and O–H groups in total. The Morgan fingerprint density at radius 1 is 1.29 bits per heavy atom. The molecule has 0 aliphatic carbocycles. The lowest BCUT2D eigenvalue weighted by molar-refractivity contribution is -0.138. The van der Waals surface area contributed by atoms with Crippen LogP contribution in [0.5, 0.6) is 0 Å². The number of rotatable bonds is 5. The molecule has 34 heavy (non-hydrogen) atoms. The molecule has 1 aliphatic heterocycles. The van der Waals surface area contributed by atoms with E-state index in [9.17, 15) is 32.6 Å². The summed E-state index contributed by atoms with van der Waals surface area (Å²) < 4.78 is 58.9. The molecule has 1 saturated heterocycles. The van der Waals surface area contributed by atoms with Crippen LogP contribution in [-0.2, 0) is 17.5 Å². The van der Waals surface area contributed by atoms with Gasteiger partial charge in [0.25, 0.3) is 5.91 Å². The largest absolute Gasteiger partial charge is 0.416 e. The molecule has 0 spiro atoms. The number of H-pyrrole nitrogens is 1. The Kier molecular flexibility index (Phi) is 6.38. The van der Waals surface area contributed by atoms with Gasteiger partial charge in [0.1, 0.15) is 30.2 Å². The van der Waals surface area contributed by atoms with Crippen LogP contribution >= 0.6 is 0 Å². The molecule has 3 heterocycles. The Morgan fingerprint density at radius 2 is 2.06 bits per heavy atom. The Balaban J connectivity index is 1.63. The number of benzene rings is 1. The second-order valence-electron chi connectivity index (χ2n) is 7.82. The maximum atomic E-state index is 13.6. The van der Waals surface area contributed by atoms with E-state index in [1.54, 1.807) is 0 Å². The molecule has 1 amide bonds. The lowest BCUT2D eigenvalue weighted by Gasteiger charge is -2.32. The zero-order chi connectivity index (χ0) is 24.6. The fourth-order valence-corrected chi connectivity index (χ4v) is 3.69. The van der Waals surface area contributed by atoms with E-state index in [4.69, 9.17) is 4.74 Å². The summed E-state index contributed by atoms with van der Waals surface area (Å²) in [5, 5.41) is 29.5. The molecule has 0 radical (unpaired) electrons. The summed E-state index contributed by atoms with van der Waals surface area (Å²) in [6, 6.07) is 1.28. The number of carbonyl (C=O) groups excluding carboxylic acids is 1. The van der Waals surface area contributed by atoms with Gasteiger partial charge < -0.3 is 25.2 Å². The zero-order valence-electron chi connectivity index (χ0n) is 17.7. The second-order valence-corrected chi connectivity index (χ2v) is 7.82. The van der Waals surface area contributed by atoms with E-state index in [0.29, 0.717) is 12.1 Å². The van der Waals surface area contributed by atoms with Crippen LogP contribution in [0.4, 0.5) is 23.4 Å². The predicted molar refractivity (Wildman–Crippen MR) is 109 cm³/mol. The number of alkyl halides is 3. The molecule has 1 aromatic carbocycles. The second kappa shape index (κ2) is 9.12. The van der Waals surface area contributed by atoms with Gasteiger partial charge in [-0.15, -0.1) is 0 Å². The minimum atomic E-state index is -4.73. The molecule has 3 aromatic rings. The number of hydrogen-bond acceptors (Lipinski definition) is 8. The first-order valence-corrected chi connectivity index (χ1v) is 10.1. The number of ether oxygens (including phenoxy) is 1. The lowest BCUT2D eigenvalue weighted by atomic mass is 10.0. The van der Waals surface area contributed by atoms with E-state index in [1.807, 2.05) is 0 Å². The Labute approximate surface area is 189 Å². The average Bonchev–Trinajstić information content (AvgIpc) is 3.20. The summed E-state index contributed by atoms with van der Waals surface area (Å²) in [6.07, 6.45) is -5.87. The first-order valence-electron chi connectivity index (χ1n) is 10.1. The third-order valence-corrected chi connectivity index (χ3v) is 5.40. The highest BCUT2D eigenvalue weighted by Crippen LogP contribution is 2.33. The molecule has 10 nitrogen and oxygen atoms in total. The number of halogens is 4. The van der Waals surface area contributed by atoms with E-state index in [-0.39, 0.29) is 35.8 Å². The maximum Gasteiger partial charge on any atom is 0.416 e. The number of aliphatic hydroxyl groups is 2. The minimum absolute atomic E-state index is 0.0429. The van der Waals surface area contributed by atoms with Crippen molar-refractivity contribution in [1.29, 1.82) is 0 Å². The average molecular weight is 484 g/mol. The van der Waals surface area contributed by atoms with Gasteiger partial charge in [0.05, 0.1) is 30.2 Å². The van der Waals surface area contributed by atoms with Crippen LogP contribution in [0.25, 0.3) is 11.0 Å². The normalized spacial score (nSPS) is 21.0. The Morgan fingerprint density at radius 3 is 2.79 bits per heavy atom. The third-order valence-electron chi connectivity index (χ3n) is 5.40. The van der Waals surface area contributed by atoms with Crippen molar-refractivity contribution in [2.75, 3.05) is 25.6 Å². The van der Waals surface area contributed by atoms with Crippen molar-refractivity contribution in [3.8, 4) is 0 Å². The molecule has 14 heteroatoms. The summed E-state index contributed by atoms with van der Waals surface area (Å²) >= 11 is 0. The number of aliphatic hydroxyl groups excluding tert-OH is 2. The number of fused-ring (bicyclic) bond motifs is 1. The highest BCUT2D eigenvalue weighted by Gasteiger charge is 2.35. The number of hydrogen-bond donors (Lipinski definition) is 4. The van der Waals surface area contributed by atoms with E-state index < -0.39 is 53.8 Å². The molecule has 0 saturated carbocycles. The molecule has 0 unspecified atom stereocenters. The summed E-state index contributed by atoms with van der Waals surface area (Å²) in [4.78, 5) is 22.1. The van der Waals surface area contributed by atoms with E-state index >= 15 is 0 Å². The van der Waals surface area contributed by atoms with Gasteiger partial charge in [-0.3, -0.25) is 9.89 Å². The van der Waals surface area contributed by atoms with Crippen LogP contribution in [-0.4, -0.2) is 79.7 Å². The summed E-state index contributed by atoms with van der Waals surface area (Å²) in [7, 11) is 1.25. The predicted octanol–water partition coefficient (Wildman–Crippen LogP) is 1.32. The van der Waals surface area contributed by atoms with Crippen molar-refractivity contribution in [2.45, 2.75) is 31.0 Å². The van der Waals surface area contributed by atoms with Crippen LogP contribution in [0.3, 0.4) is 0 Å². The molecule has 1 fully saturated rings. The van der Waals surface area contributed by atoms with Crippen LogP contribution < -0.4 is 5.32 Å². The molecule has 0 bridgehead atoms. The first kappa shape index (κ1) is 23.8. The minimum Gasteiger partial charge on any atom is -0.388 e. The van der Waals surface area contributed by atoms with Crippen molar-refractivity contribution < 1.29 is 37.3 Å². The monoisotopic (exact) mass is 484 g/mol. The molecule has 3 atom stereocenters. The van der Waals surface area contributed by atoms with Gasteiger partial charge in [-0.2, -0.15) is 18.3 Å². The molecule has 4 rings (SSSR count). The zero-order valence-corrected chi connectivity index (χ0v) is 17.7. The lowest BCUT2D eigenvalue weighted by Crippen LogP contribution is -2.51. The number of carbonyl (C=O) groups is 1. The number of nitrogens with one attached hydrogen (secondary N) is 2. The van der Waals surface area contributed by atoms with Gasteiger partial charge >= 0.3 is 6.18 Å². The Bertz CT molecular complexity index is 1200. The third kappa shape index (κ3) is 4.64. The molecule has 1 aliphatic rings. The van der Waals surface area contributed by atoms with Crippen molar-refractivity contribution in [3.05, 3.63) is 47.2 Å². The fraction of sp³-hybridized carbons (Fsp3) is 0.400. The smallest absolute Gasteiger partial charge is 0.388 e. The van der Waals surface area contributed by atoms with Crippen molar-refractivity contribution in [1.82, 2.24) is 25.1 Å². The maximum absolute atomic E-state index is 13.6. The Hall–Kier alpha value is -3.36. The number of anilines is 1. The van der Waals surface area contributed by atoms with Gasteiger partial charge in [0.2, 0.25) is 0 Å². The van der Waals surface area contributed by atoms with Crippen LogP contribution in [0.15, 0.2) is 24.5 Å². The van der Waals surface area contributed by atoms with Crippen molar-refractivity contribution >= 4 is 22.8 Å². The van der Waals surface area contributed by atoms with Crippen molar-refractivity contribution in [2.24, 2.45) is 0 Å².